The van der Waals surface area contributed by atoms with Crippen LogP contribution < -0.4 is 4.90 Å². The van der Waals surface area contributed by atoms with E-state index in [0.29, 0.717) is 31.2 Å². The molecule has 1 atom stereocenters. The molecule has 2 fully saturated rings. The van der Waals surface area contributed by atoms with Crippen LogP contribution in [0.3, 0.4) is 0 Å². The van der Waals surface area contributed by atoms with Crippen LogP contribution in [0.4, 0.5) is 5.82 Å². The summed E-state index contributed by atoms with van der Waals surface area (Å²) in [6.07, 6.45) is 2.06. The number of pyridine rings is 1. The van der Waals surface area contributed by atoms with Crippen molar-refractivity contribution in [1.29, 1.82) is 0 Å². The van der Waals surface area contributed by atoms with Gasteiger partial charge in [-0.15, -0.1) is 0 Å². The number of amides is 2. The van der Waals surface area contributed by atoms with Crippen LogP contribution in [0.5, 0.6) is 0 Å². The van der Waals surface area contributed by atoms with Gasteiger partial charge in [-0.1, -0.05) is 35.9 Å². The second-order valence-electron chi connectivity index (χ2n) is 7.27. The van der Waals surface area contributed by atoms with Crippen molar-refractivity contribution in [3.8, 4) is 0 Å². The summed E-state index contributed by atoms with van der Waals surface area (Å²) in [4.78, 5) is 35.6. The highest BCUT2D eigenvalue weighted by Crippen LogP contribution is 2.25. The lowest BCUT2D eigenvalue weighted by Gasteiger charge is -2.36. The number of aromatic nitrogens is 1. The van der Waals surface area contributed by atoms with Crippen molar-refractivity contribution in [2.75, 3.05) is 37.6 Å². The number of likely N-dealkylation sites (tertiary alicyclic amines) is 1. The van der Waals surface area contributed by atoms with E-state index in [-0.39, 0.29) is 24.2 Å². The predicted octanol–water partition coefficient (Wildman–Crippen LogP) is 2.43. The standard InChI is InChI=1S/C21H23ClN4O2/c22-18-6-2-1-5-16(18)14-26-15-17(13-20(26)27)21(28)25-11-9-24(10-12-25)19-7-3-4-8-23-19/h1-8,17H,9-15H2/t17-/m0/s1. The summed E-state index contributed by atoms with van der Waals surface area (Å²) in [5.74, 6) is 0.772. The number of hydrogen-bond acceptors (Lipinski definition) is 4. The molecule has 2 saturated heterocycles. The summed E-state index contributed by atoms with van der Waals surface area (Å²) in [5, 5.41) is 0.649. The monoisotopic (exact) mass is 398 g/mol. The van der Waals surface area contributed by atoms with Crippen molar-refractivity contribution < 1.29 is 9.59 Å². The molecule has 28 heavy (non-hydrogen) atoms. The first-order chi connectivity index (χ1) is 13.6. The summed E-state index contributed by atoms with van der Waals surface area (Å²) < 4.78 is 0. The largest absolute Gasteiger partial charge is 0.353 e. The maximum atomic E-state index is 12.9. The minimum atomic E-state index is -0.267. The number of piperazine rings is 1. The summed E-state index contributed by atoms with van der Waals surface area (Å²) in [6, 6.07) is 13.4. The average Bonchev–Trinajstić information content (AvgIpc) is 3.10. The normalized spacial score (nSPS) is 20.0. The summed E-state index contributed by atoms with van der Waals surface area (Å²) >= 11 is 6.21. The molecule has 0 N–H and O–H groups in total. The number of carbonyl (C=O) groups is 2. The molecule has 3 heterocycles. The Hall–Kier alpha value is -2.60. The fourth-order valence-corrected chi connectivity index (χ4v) is 4.07. The Morgan fingerprint density at radius 1 is 1.07 bits per heavy atom. The van der Waals surface area contributed by atoms with Crippen LogP contribution >= 0.6 is 11.6 Å². The molecule has 2 aliphatic rings. The van der Waals surface area contributed by atoms with Crippen molar-refractivity contribution in [2.24, 2.45) is 5.92 Å². The van der Waals surface area contributed by atoms with E-state index in [1.807, 2.05) is 47.4 Å². The van der Waals surface area contributed by atoms with Crippen LogP contribution in [0.1, 0.15) is 12.0 Å². The average molecular weight is 399 g/mol. The van der Waals surface area contributed by atoms with E-state index in [4.69, 9.17) is 11.6 Å². The van der Waals surface area contributed by atoms with Crippen LogP contribution in [0.15, 0.2) is 48.7 Å². The van der Waals surface area contributed by atoms with Gasteiger partial charge in [0.15, 0.2) is 0 Å². The first-order valence-corrected chi connectivity index (χ1v) is 9.95. The number of anilines is 1. The van der Waals surface area contributed by atoms with Gasteiger partial charge < -0.3 is 14.7 Å². The summed E-state index contributed by atoms with van der Waals surface area (Å²) in [6.45, 7) is 3.74. The van der Waals surface area contributed by atoms with Crippen LogP contribution in [0.25, 0.3) is 0 Å². The molecule has 7 heteroatoms. The topological polar surface area (TPSA) is 56.8 Å². The smallest absolute Gasteiger partial charge is 0.228 e. The zero-order valence-electron chi connectivity index (χ0n) is 15.6. The van der Waals surface area contributed by atoms with Gasteiger partial charge in [-0.05, 0) is 23.8 Å². The highest BCUT2D eigenvalue weighted by atomic mass is 35.5. The fourth-order valence-electron chi connectivity index (χ4n) is 3.88. The highest BCUT2D eigenvalue weighted by molar-refractivity contribution is 6.31. The number of halogens is 1. The molecule has 0 unspecified atom stereocenters. The van der Waals surface area contributed by atoms with Gasteiger partial charge in [-0.3, -0.25) is 9.59 Å². The molecular formula is C21H23ClN4O2. The summed E-state index contributed by atoms with van der Waals surface area (Å²) in [7, 11) is 0. The van der Waals surface area contributed by atoms with E-state index in [1.54, 1.807) is 11.1 Å². The first kappa shape index (κ1) is 18.7. The zero-order valence-corrected chi connectivity index (χ0v) is 16.4. The van der Waals surface area contributed by atoms with Crippen molar-refractivity contribution >= 4 is 29.2 Å². The van der Waals surface area contributed by atoms with Gasteiger partial charge in [-0.25, -0.2) is 4.98 Å². The quantitative estimate of drug-likeness (QED) is 0.793. The highest BCUT2D eigenvalue weighted by Gasteiger charge is 2.37. The molecule has 1 aromatic carbocycles. The van der Waals surface area contributed by atoms with Crippen LogP contribution in [-0.4, -0.2) is 59.3 Å². The number of benzene rings is 1. The number of carbonyl (C=O) groups excluding carboxylic acids is 2. The van der Waals surface area contributed by atoms with Crippen LogP contribution in [0, 0.1) is 5.92 Å². The third-order valence-electron chi connectivity index (χ3n) is 5.45. The molecule has 2 aliphatic heterocycles. The van der Waals surface area contributed by atoms with Crippen LogP contribution in [0.2, 0.25) is 5.02 Å². The van der Waals surface area contributed by atoms with Crippen LogP contribution in [-0.2, 0) is 16.1 Å². The Labute approximate surface area is 169 Å². The third-order valence-corrected chi connectivity index (χ3v) is 5.82. The second kappa shape index (κ2) is 8.19. The van der Waals surface area contributed by atoms with Crippen molar-refractivity contribution in [3.63, 3.8) is 0 Å². The third kappa shape index (κ3) is 3.97. The van der Waals surface area contributed by atoms with Gasteiger partial charge in [-0.2, -0.15) is 0 Å². The molecule has 0 saturated carbocycles. The van der Waals surface area contributed by atoms with E-state index in [9.17, 15) is 9.59 Å². The second-order valence-corrected chi connectivity index (χ2v) is 7.67. The Kier molecular flexibility index (Phi) is 5.48. The van der Waals surface area contributed by atoms with E-state index in [2.05, 4.69) is 9.88 Å². The van der Waals surface area contributed by atoms with Crippen molar-refractivity contribution in [1.82, 2.24) is 14.8 Å². The molecule has 0 bridgehead atoms. The van der Waals surface area contributed by atoms with Gasteiger partial charge in [0, 0.05) is 56.9 Å². The van der Waals surface area contributed by atoms with Gasteiger partial charge >= 0.3 is 0 Å². The van der Waals surface area contributed by atoms with E-state index < -0.39 is 0 Å². The molecule has 0 radical (unpaired) electrons. The molecule has 2 aromatic rings. The van der Waals surface area contributed by atoms with E-state index in [1.165, 1.54) is 0 Å². The number of rotatable bonds is 4. The van der Waals surface area contributed by atoms with Gasteiger partial charge in [0.25, 0.3) is 0 Å². The SMILES string of the molecule is O=C1C[C@H](C(=O)N2CCN(c3ccccn3)CC2)CN1Cc1ccccc1Cl. The lowest BCUT2D eigenvalue weighted by Crippen LogP contribution is -2.50. The van der Waals surface area contributed by atoms with Crippen molar-refractivity contribution in [3.05, 3.63) is 59.2 Å². The van der Waals surface area contributed by atoms with E-state index >= 15 is 0 Å². The molecule has 0 aliphatic carbocycles. The minimum absolute atomic E-state index is 0.0189. The lowest BCUT2D eigenvalue weighted by molar-refractivity contribution is -0.136. The molecule has 4 rings (SSSR count). The number of hydrogen-bond donors (Lipinski definition) is 0. The summed E-state index contributed by atoms with van der Waals surface area (Å²) in [5.41, 5.74) is 0.912. The molecule has 146 valence electrons. The fraction of sp³-hybridized carbons (Fsp3) is 0.381. The first-order valence-electron chi connectivity index (χ1n) is 9.58. The van der Waals surface area contributed by atoms with Gasteiger partial charge in [0.2, 0.25) is 11.8 Å². The number of nitrogens with zero attached hydrogens (tertiary/aromatic N) is 4. The lowest BCUT2D eigenvalue weighted by atomic mass is 10.1. The Bertz CT molecular complexity index is 852. The maximum absolute atomic E-state index is 12.9. The predicted molar refractivity (Wildman–Crippen MR) is 108 cm³/mol. The Balaban J connectivity index is 1.33. The Morgan fingerprint density at radius 2 is 1.82 bits per heavy atom. The molecule has 6 nitrogen and oxygen atoms in total. The van der Waals surface area contributed by atoms with E-state index in [0.717, 1.165) is 24.5 Å². The zero-order chi connectivity index (χ0) is 19.5. The molecule has 2 amide bonds. The van der Waals surface area contributed by atoms with Crippen molar-refractivity contribution in [2.45, 2.75) is 13.0 Å². The maximum Gasteiger partial charge on any atom is 0.228 e. The molecule has 0 spiro atoms. The minimum Gasteiger partial charge on any atom is -0.353 e. The molecule has 1 aromatic heterocycles. The van der Waals surface area contributed by atoms with Gasteiger partial charge in [0.05, 0.1) is 5.92 Å². The Morgan fingerprint density at radius 3 is 2.54 bits per heavy atom. The molecular weight excluding hydrogens is 376 g/mol. The van der Waals surface area contributed by atoms with Gasteiger partial charge in [0.1, 0.15) is 5.82 Å².